The lowest BCUT2D eigenvalue weighted by molar-refractivity contribution is 0.336. The minimum Gasteiger partial charge on any atom is -0.372 e. The summed E-state index contributed by atoms with van der Waals surface area (Å²) in [7, 11) is 1.96. The molecule has 1 saturated carbocycles. The minimum absolute atomic E-state index is 0.544. The van der Waals surface area contributed by atoms with Crippen LogP contribution in [0.4, 0.5) is 5.82 Å². The van der Waals surface area contributed by atoms with E-state index in [1.165, 1.54) is 35.9 Å². The van der Waals surface area contributed by atoms with E-state index in [0.717, 1.165) is 28.8 Å². The van der Waals surface area contributed by atoms with Gasteiger partial charge in [0.05, 0.1) is 5.39 Å². The lowest BCUT2D eigenvalue weighted by atomic mass is 9.82. The summed E-state index contributed by atoms with van der Waals surface area (Å²) < 4.78 is 0. The molecule has 108 valence electrons. The van der Waals surface area contributed by atoms with E-state index < -0.39 is 0 Å². The second-order valence-corrected chi connectivity index (χ2v) is 7.05. The van der Waals surface area contributed by atoms with Gasteiger partial charge >= 0.3 is 0 Å². The topological polar surface area (TPSA) is 37.8 Å². The van der Waals surface area contributed by atoms with Crippen molar-refractivity contribution in [3.8, 4) is 0 Å². The summed E-state index contributed by atoms with van der Waals surface area (Å²) in [4.78, 5) is 12.2. The number of anilines is 1. The molecule has 0 bridgehead atoms. The Hall–Kier alpha value is -1.16. The third-order valence-corrected chi connectivity index (χ3v) is 5.52. The minimum atomic E-state index is 0.544. The summed E-state index contributed by atoms with van der Waals surface area (Å²) in [6, 6.07) is 2.24. The van der Waals surface area contributed by atoms with E-state index in [-0.39, 0.29) is 0 Å². The Morgan fingerprint density at radius 2 is 2.20 bits per heavy atom. The smallest absolute Gasteiger partial charge is 0.138 e. The van der Waals surface area contributed by atoms with Gasteiger partial charge in [0, 0.05) is 17.8 Å². The van der Waals surface area contributed by atoms with Crippen molar-refractivity contribution in [2.24, 2.45) is 5.92 Å². The monoisotopic (exact) mass is 289 g/mol. The number of hydrogen-bond acceptors (Lipinski definition) is 4. The fourth-order valence-electron chi connectivity index (χ4n) is 3.20. The molecule has 0 aliphatic heterocycles. The molecule has 1 aliphatic carbocycles. The van der Waals surface area contributed by atoms with Gasteiger partial charge < -0.3 is 5.32 Å². The van der Waals surface area contributed by atoms with Gasteiger partial charge in [-0.15, -0.1) is 11.3 Å². The molecule has 1 aliphatic rings. The van der Waals surface area contributed by atoms with E-state index in [1.807, 2.05) is 18.4 Å². The molecule has 0 spiro atoms. The first-order valence-electron chi connectivity index (χ1n) is 7.69. The second-order valence-electron chi connectivity index (χ2n) is 5.93. The molecule has 4 heteroatoms. The van der Waals surface area contributed by atoms with Gasteiger partial charge in [-0.25, -0.2) is 9.97 Å². The van der Waals surface area contributed by atoms with Gasteiger partial charge in [-0.1, -0.05) is 26.7 Å². The van der Waals surface area contributed by atoms with Crippen molar-refractivity contribution in [1.82, 2.24) is 9.97 Å². The molecule has 2 aromatic heterocycles. The Morgan fingerprint density at radius 1 is 1.35 bits per heavy atom. The number of thiophene rings is 1. The highest BCUT2D eigenvalue weighted by molar-refractivity contribution is 7.18. The Labute approximate surface area is 124 Å². The summed E-state index contributed by atoms with van der Waals surface area (Å²) in [6.07, 6.45) is 6.22. The molecule has 0 amide bonds. The largest absolute Gasteiger partial charge is 0.372 e. The number of nitrogens with zero attached hydrogens (tertiary/aromatic N) is 2. The zero-order valence-corrected chi connectivity index (χ0v) is 13.4. The Kier molecular flexibility index (Phi) is 3.92. The summed E-state index contributed by atoms with van der Waals surface area (Å²) in [5.41, 5.74) is 0. The molecule has 0 aromatic carbocycles. The average Bonchev–Trinajstić information content (AvgIpc) is 2.89. The van der Waals surface area contributed by atoms with Crippen LogP contribution in [-0.2, 0) is 6.42 Å². The van der Waals surface area contributed by atoms with Gasteiger partial charge in [0.2, 0.25) is 0 Å². The predicted octanol–water partition coefficient (Wildman–Crippen LogP) is 4.59. The van der Waals surface area contributed by atoms with E-state index in [9.17, 15) is 0 Å². The van der Waals surface area contributed by atoms with Crippen molar-refractivity contribution < 1.29 is 0 Å². The van der Waals surface area contributed by atoms with Crippen LogP contribution in [0.5, 0.6) is 0 Å². The second kappa shape index (κ2) is 5.68. The van der Waals surface area contributed by atoms with Crippen LogP contribution in [0.2, 0.25) is 0 Å². The molecule has 3 rings (SSSR count). The Bertz CT molecular complexity index is 605. The third kappa shape index (κ3) is 2.53. The van der Waals surface area contributed by atoms with Gasteiger partial charge in [-0.3, -0.25) is 0 Å². The molecule has 1 N–H and O–H groups in total. The first-order chi connectivity index (χ1) is 9.71. The molecule has 20 heavy (non-hydrogen) atoms. The number of aromatic nitrogens is 2. The van der Waals surface area contributed by atoms with E-state index in [0.29, 0.717) is 5.92 Å². The molecule has 3 nitrogen and oxygen atoms in total. The number of fused-ring (bicyclic) bond motifs is 1. The fraction of sp³-hybridized carbons (Fsp3) is 0.625. The predicted molar refractivity (Wildman–Crippen MR) is 86.7 cm³/mol. The van der Waals surface area contributed by atoms with E-state index in [2.05, 4.69) is 25.2 Å². The van der Waals surface area contributed by atoms with Crippen LogP contribution < -0.4 is 5.32 Å². The van der Waals surface area contributed by atoms with Crippen LogP contribution in [0.15, 0.2) is 6.07 Å². The van der Waals surface area contributed by atoms with Crippen molar-refractivity contribution in [2.45, 2.75) is 51.9 Å². The summed E-state index contributed by atoms with van der Waals surface area (Å²) >= 11 is 1.81. The molecule has 2 unspecified atom stereocenters. The summed E-state index contributed by atoms with van der Waals surface area (Å²) in [5, 5.41) is 4.44. The van der Waals surface area contributed by atoms with Crippen LogP contribution in [0.25, 0.3) is 10.2 Å². The van der Waals surface area contributed by atoms with Gasteiger partial charge in [0.1, 0.15) is 16.5 Å². The maximum Gasteiger partial charge on any atom is 0.138 e. The maximum atomic E-state index is 4.88. The highest BCUT2D eigenvalue weighted by atomic mass is 32.1. The van der Waals surface area contributed by atoms with Crippen LogP contribution in [0, 0.1) is 5.92 Å². The first kappa shape index (κ1) is 13.8. The zero-order chi connectivity index (χ0) is 14.1. The number of hydrogen-bond donors (Lipinski definition) is 1. The lowest BCUT2D eigenvalue weighted by Gasteiger charge is -2.25. The van der Waals surface area contributed by atoms with Gasteiger partial charge in [0.15, 0.2) is 0 Å². The average molecular weight is 289 g/mol. The molecule has 2 aromatic rings. The van der Waals surface area contributed by atoms with Gasteiger partial charge in [-0.2, -0.15) is 0 Å². The van der Waals surface area contributed by atoms with Crippen LogP contribution in [-0.4, -0.2) is 17.0 Å². The van der Waals surface area contributed by atoms with Gasteiger partial charge in [-0.05, 0) is 31.2 Å². The highest BCUT2D eigenvalue weighted by Gasteiger charge is 2.24. The maximum absolute atomic E-state index is 4.88. The standard InChI is InChI=1S/C16H23N3S/c1-4-12-9-13-15(17-3)18-14(19-16(13)20-12)11-7-5-6-10(2)8-11/h9-11H,4-8H2,1-3H3,(H,17,18,19). The molecule has 1 fully saturated rings. The van der Waals surface area contributed by atoms with Crippen molar-refractivity contribution in [2.75, 3.05) is 12.4 Å². The van der Waals surface area contributed by atoms with Crippen molar-refractivity contribution in [1.29, 1.82) is 0 Å². The molecule has 2 atom stereocenters. The zero-order valence-electron chi connectivity index (χ0n) is 12.6. The lowest BCUT2D eigenvalue weighted by Crippen LogP contribution is -2.14. The number of rotatable bonds is 3. The van der Waals surface area contributed by atoms with E-state index in [1.54, 1.807) is 0 Å². The summed E-state index contributed by atoms with van der Waals surface area (Å²) in [6.45, 7) is 4.55. The summed E-state index contributed by atoms with van der Waals surface area (Å²) in [5.74, 6) is 3.40. The van der Waals surface area contributed by atoms with E-state index >= 15 is 0 Å². The SMILES string of the molecule is CCc1cc2c(NC)nc(C3CCCC(C)C3)nc2s1. The molecule has 0 saturated heterocycles. The number of aryl methyl sites for hydroxylation is 1. The fourth-order valence-corrected chi connectivity index (χ4v) is 4.18. The normalized spacial score (nSPS) is 23.1. The molecule has 0 radical (unpaired) electrons. The van der Waals surface area contributed by atoms with Crippen LogP contribution in [0.3, 0.4) is 0 Å². The van der Waals surface area contributed by atoms with Crippen molar-refractivity contribution in [3.63, 3.8) is 0 Å². The van der Waals surface area contributed by atoms with Crippen LogP contribution >= 0.6 is 11.3 Å². The quantitative estimate of drug-likeness (QED) is 0.898. The molecular weight excluding hydrogens is 266 g/mol. The molecule has 2 heterocycles. The molecular formula is C16H23N3S. The number of nitrogens with one attached hydrogen (secondary N) is 1. The Balaban J connectivity index is 2.02. The van der Waals surface area contributed by atoms with E-state index in [4.69, 9.17) is 9.97 Å². The Morgan fingerprint density at radius 3 is 2.90 bits per heavy atom. The highest BCUT2D eigenvalue weighted by Crippen LogP contribution is 2.37. The third-order valence-electron chi connectivity index (χ3n) is 4.35. The van der Waals surface area contributed by atoms with Crippen molar-refractivity contribution >= 4 is 27.4 Å². The van der Waals surface area contributed by atoms with Gasteiger partial charge in [0.25, 0.3) is 0 Å². The van der Waals surface area contributed by atoms with Crippen LogP contribution in [0.1, 0.15) is 56.2 Å². The first-order valence-corrected chi connectivity index (χ1v) is 8.51. The van der Waals surface area contributed by atoms with Crippen molar-refractivity contribution in [3.05, 3.63) is 16.8 Å².